The highest BCUT2D eigenvalue weighted by Crippen LogP contribution is 2.31. The number of methoxy groups -OCH3 is 1. The molecule has 142 valence electrons. The Kier molecular flexibility index (Phi) is 6.82. The molecule has 0 aliphatic rings. The van der Waals surface area contributed by atoms with Crippen LogP contribution in [0.25, 0.3) is 0 Å². The Labute approximate surface area is 158 Å². The van der Waals surface area contributed by atoms with Gasteiger partial charge in [0.05, 0.1) is 13.4 Å². The van der Waals surface area contributed by atoms with E-state index < -0.39 is 0 Å². The molecule has 6 heteroatoms. The van der Waals surface area contributed by atoms with Gasteiger partial charge in [0.2, 0.25) is 0 Å². The Morgan fingerprint density at radius 2 is 2.00 bits per heavy atom. The van der Waals surface area contributed by atoms with E-state index in [9.17, 15) is 4.39 Å². The summed E-state index contributed by atoms with van der Waals surface area (Å²) in [7, 11) is 1.63. The molecule has 0 aliphatic heterocycles. The smallest absolute Gasteiger partial charge is 0.166 e. The number of halogens is 1. The summed E-state index contributed by atoms with van der Waals surface area (Å²) in [5.74, 6) is 1.15. The summed E-state index contributed by atoms with van der Waals surface area (Å²) in [6.07, 6.45) is 6.58. The predicted molar refractivity (Wildman–Crippen MR) is 102 cm³/mol. The Bertz CT molecular complexity index is 820. The SMILES string of the molecule is COc1cccc(CNCCCn2ccnc2)c1OCc1ccc(F)cc1. The summed E-state index contributed by atoms with van der Waals surface area (Å²) >= 11 is 0. The number of benzene rings is 2. The minimum absolute atomic E-state index is 0.253. The van der Waals surface area contributed by atoms with E-state index in [0.717, 1.165) is 30.6 Å². The zero-order chi connectivity index (χ0) is 18.9. The molecular formula is C21H24FN3O2. The fraction of sp³-hybridized carbons (Fsp3) is 0.286. The standard InChI is InChI=1S/C21H24FN3O2/c1-26-20-5-2-4-18(14-23-10-3-12-25-13-11-24-16-25)21(20)27-15-17-6-8-19(22)9-7-17/h2,4-9,11,13,16,23H,3,10,12,14-15H2,1H3. The lowest BCUT2D eigenvalue weighted by Crippen LogP contribution is -2.17. The Hall–Kier alpha value is -2.86. The summed E-state index contributed by atoms with van der Waals surface area (Å²) in [6.45, 7) is 2.85. The van der Waals surface area contributed by atoms with Crippen LogP contribution >= 0.6 is 0 Å². The maximum absolute atomic E-state index is 13.1. The summed E-state index contributed by atoms with van der Waals surface area (Å²) in [6, 6.07) is 12.2. The third kappa shape index (κ3) is 5.56. The highest BCUT2D eigenvalue weighted by atomic mass is 19.1. The molecule has 0 aliphatic carbocycles. The second-order valence-corrected chi connectivity index (χ2v) is 6.19. The van der Waals surface area contributed by atoms with Crippen molar-refractivity contribution in [1.29, 1.82) is 0 Å². The van der Waals surface area contributed by atoms with Gasteiger partial charge in [-0.25, -0.2) is 9.37 Å². The van der Waals surface area contributed by atoms with Gasteiger partial charge in [-0.2, -0.15) is 0 Å². The molecule has 3 aromatic rings. The first kappa shape index (κ1) is 18.9. The normalized spacial score (nSPS) is 10.7. The number of hydrogen-bond acceptors (Lipinski definition) is 4. The molecular weight excluding hydrogens is 345 g/mol. The van der Waals surface area contributed by atoms with Crippen molar-refractivity contribution in [3.63, 3.8) is 0 Å². The molecule has 0 spiro atoms. The second kappa shape index (κ2) is 9.73. The molecule has 0 atom stereocenters. The Morgan fingerprint density at radius 3 is 2.74 bits per heavy atom. The van der Waals surface area contributed by atoms with Gasteiger partial charge in [-0.15, -0.1) is 0 Å². The second-order valence-electron chi connectivity index (χ2n) is 6.19. The molecule has 27 heavy (non-hydrogen) atoms. The van der Waals surface area contributed by atoms with E-state index in [0.29, 0.717) is 24.7 Å². The Balaban J connectivity index is 1.56. The summed E-state index contributed by atoms with van der Waals surface area (Å²) in [4.78, 5) is 4.04. The molecule has 1 heterocycles. The highest BCUT2D eigenvalue weighted by molar-refractivity contribution is 5.46. The molecule has 2 aromatic carbocycles. The van der Waals surface area contributed by atoms with Crippen LogP contribution in [0, 0.1) is 5.82 Å². The maximum atomic E-state index is 13.1. The van der Waals surface area contributed by atoms with E-state index in [1.54, 1.807) is 25.4 Å². The van der Waals surface area contributed by atoms with Crippen LogP contribution in [0.3, 0.4) is 0 Å². The van der Waals surface area contributed by atoms with Gasteiger partial charge in [0.25, 0.3) is 0 Å². The summed E-state index contributed by atoms with van der Waals surface area (Å²) < 4.78 is 26.6. The van der Waals surface area contributed by atoms with Crippen LogP contribution in [0.15, 0.2) is 61.2 Å². The number of para-hydroxylation sites is 1. The topological polar surface area (TPSA) is 48.3 Å². The van der Waals surface area contributed by atoms with Crippen molar-refractivity contribution in [3.05, 3.63) is 78.1 Å². The number of rotatable bonds is 10. The molecule has 0 unspecified atom stereocenters. The minimum Gasteiger partial charge on any atom is -0.493 e. The summed E-state index contributed by atoms with van der Waals surface area (Å²) in [5, 5.41) is 3.44. The quantitative estimate of drug-likeness (QED) is 0.553. The van der Waals surface area contributed by atoms with Crippen molar-refractivity contribution in [1.82, 2.24) is 14.9 Å². The van der Waals surface area contributed by atoms with Gasteiger partial charge in [-0.3, -0.25) is 0 Å². The first-order chi connectivity index (χ1) is 13.3. The molecule has 0 radical (unpaired) electrons. The zero-order valence-corrected chi connectivity index (χ0v) is 15.4. The van der Waals surface area contributed by atoms with Crippen molar-refractivity contribution < 1.29 is 13.9 Å². The van der Waals surface area contributed by atoms with Crippen molar-refractivity contribution in [2.75, 3.05) is 13.7 Å². The van der Waals surface area contributed by atoms with Crippen LogP contribution in [0.2, 0.25) is 0 Å². The van der Waals surface area contributed by atoms with Crippen LogP contribution in [0.5, 0.6) is 11.5 Å². The molecule has 0 bridgehead atoms. The van der Waals surface area contributed by atoms with E-state index in [2.05, 4.69) is 14.9 Å². The van der Waals surface area contributed by atoms with Crippen molar-refractivity contribution in [2.24, 2.45) is 0 Å². The number of aromatic nitrogens is 2. The van der Waals surface area contributed by atoms with Gasteiger partial charge in [0.15, 0.2) is 11.5 Å². The lowest BCUT2D eigenvalue weighted by Gasteiger charge is -2.16. The molecule has 0 amide bonds. The predicted octanol–water partition coefficient (Wildman–Crippen LogP) is 3.79. The van der Waals surface area contributed by atoms with E-state index >= 15 is 0 Å². The van der Waals surface area contributed by atoms with E-state index in [-0.39, 0.29) is 5.82 Å². The van der Waals surface area contributed by atoms with Crippen LogP contribution in [-0.2, 0) is 19.7 Å². The van der Waals surface area contributed by atoms with Gasteiger partial charge in [-0.05, 0) is 36.7 Å². The van der Waals surface area contributed by atoms with Crippen molar-refractivity contribution in [2.45, 2.75) is 26.1 Å². The lowest BCUT2D eigenvalue weighted by atomic mass is 10.1. The third-order valence-corrected chi connectivity index (χ3v) is 4.22. The van der Waals surface area contributed by atoms with Gasteiger partial charge < -0.3 is 19.4 Å². The largest absolute Gasteiger partial charge is 0.493 e. The van der Waals surface area contributed by atoms with Crippen LogP contribution in [0.4, 0.5) is 4.39 Å². The van der Waals surface area contributed by atoms with E-state index in [1.807, 2.05) is 30.7 Å². The van der Waals surface area contributed by atoms with Gasteiger partial charge in [-0.1, -0.05) is 24.3 Å². The summed E-state index contributed by atoms with van der Waals surface area (Å²) in [5.41, 5.74) is 1.93. The molecule has 3 rings (SSSR count). The van der Waals surface area contributed by atoms with E-state index in [4.69, 9.17) is 9.47 Å². The fourth-order valence-electron chi connectivity index (χ4n) is 2.79. The Morgan fingerprint density at radius 1 is 1.15 bits per heavy atom. The van der Waals surface area contributed by atoms with Gasteiger partial charge in [0.1, 0.15) is 12.4 Å². The van der Waals surface area contributed by atoms with Gasteiger partial charge in [0, 0.05) is 31.0 Å². The average Bonchev–Trinajstić information content (AvgIpc) is 3.21. The fourth-order valence-corrected chi connectivity index (χ4v) is 2.79. The van der Waals surface area contributed by atoms with Crippen LogP contribution in [0.1, 0.15) is 17.5 Å². The first-order valence-corrected chi connectivity index (χ1v) is 8.96. The molecule has 5 nitrogen and oxygen atoms in total. The van der Waals surface area contributed by atoms with Crippen molar-refractivity contribution in [3.8, 4) is 11.5 Å². The number of ether oxygens (including phenoxy) is 2. The maximum Gasteiger partial charge on any atom is 0.166 e. The lowest BCUT2D eigenvalue weighted by molar-refractivity contribution is 0.280. The molecule has 1 N–H and O–H groups in total. The number of nitrogens with one attached hydrogen (secondary N) is 1. The van der Waals surface area contributed by atoms with E-state index in [1.165, 1.54) is 12.1 Å². The van der Waals surface area contributed by atoms with Crippen LogP contribution < -0.4 is 14.8 Å². The van der Waals surface area contributed by atoms with Gasteiger partial charge >= 0.3 is 0 Å². The number of hydrogen-bond donors (Lipinski definition) is 1. The third-order valence-electron chi connectivity index (χ3n) is 4.22. The zero-order valence-electron chi connectivity index (χ0n) is 15.4. The average molecular weight is 369 g/mol. The first-order valence-electron chi connectivity index (χ1n) is 8.96. The minimum atomic E-state index is -0.253. The number of nitrogens with zero attached hydrogens (tertiary/aromatic N) is 2. The number of imidazole rings is 1. The highest BCUT2D eigenvalue weighted by Gasteiger charge is 2.11. The van der Waals surface area contributed by atoms with Crippen molar-refractivity contribution >= 4 is 0 Å². The molecule has 0 saturated heterocycles. The molecule has 1 aromatic heterocycles. The molecule has 0 saturated carbocycles. The monoisotopic (exact) mass is 369 g/mol. The van der Waals surface area contributed by atoms with Crippen LogP contribution in [-0.4, -0.2) is 23.2 Å². The molecule has 0 fully saturated rings. The number of aryl methyl sites for hydroxylation is 1.